The second kappa shape index (κ2) is 5.49. The summed E-state index contributed by atoms with van der Waals surface area (Å²) in [6.45, 7) is 1.80. The van der Waals surface area contributed by atoms with E-state index in [1.54, 1.807) is 18.3 Å². The van der Waals surface area contributed by atoms with Crippen molar-refractivity contribution in [2.45, 2.75) is 18.3 Å². The molecule has 19 heavy (non-hydrogen) atoms. The Labute approximate surface area is 112 Å². The molecule has 0 bridgehead atoms. The molecule has 1 fully saturated rings. The Bertz CT molecular complexity index is 541. The zero-order valence-electron chi connectivity index (χ0n) is 10.7. The third kappa shape index (κ3) is 2.51. The van der Waals surface area contributed by atoms with Crippen molar-refractivity contribution in [1.82, 2.24) is 10.3 Å². The number of rotatable bonds is 2. The minimum absolute atomic E-state index is 0.106. The minimum Gasteiger partial charge on any atom is -0.316 e. The van der Waals surface area contributed by atoms with Crippen molar-refractivity contribution in [1.29, 1.82) is 0 Å². The number of piperidine rings is 1. The highest BCUT2D eigenvalue weighted by molar-refractivity contribution is 5.29. The molecule has 2 atom stereocenters. The molecule has 0 saturated carbocycles. The Balaban J connectivity index is 1.96. The number of hydrogen-bond acceptors (Lipinski definition) is 2. The maximum atomic E-state index is 14.0. The van der Waals surface area contributed by atoms with E-state index in [1.807, 2.05) is 24.4 Å². The second-order valence-electron chi connectivity index (χ2n) is 5.01. The number of aromatic nitrogens is 1. The van der Waals surface area contributed by atoms with Crippen LogP contribution in [0.5, 0.6) is 0 Å². The summed E-state index contributed by atoms with van der Waals surface area (Å²) in [5, 5.41) is 3.37. The molecule has 3 heteroatoms. The number of nitrogens with zero attached hydrogens (tertiary/aromatic N) is 1. The molecule has 1 aliphatic heterocycles. The van der Waals surface area contributed by atoms with Crippen LogP contribution in [0.4, 0.5) is 4.39 Å². The van der Waals surface area contributed by atoms with Crippen LogP contribution in [0.2, 0.25) is 0 Å². The molecule has 0 amide bonds. The molecular weight excluding hydrogens is 239 g/mol. The van der Waals surface area contributed by atoms with Gasteiger partial charge in [0.25, 0.3) is 0 Å². The van der Waals surface area contributed by atoms with Gasteiger partial charge in [0, 0.05) is 24.9 Å². The van der Waals surface area contributed by atoms with Crippen molar-refractivity contribution in [3.63, 3.8) is 0 Å². The fourth-order valence-corrected chi connectivity index (χ4v) is 2.96. The normalized spacial score (nSPS) is 23.2. The minimum atomic E-state index is -0.106. The predicted molar refractivity (Wildman–Crippen MR) is 73.6 cm³/mol. The van der Waals surface area contributed by atoms with Crippen molar-refractivity contribution < 1.29 is 4.39 Å². The first-order chi connectivity index (χ1) is 9.36. The van der Waals surface area contributed by atoms with E-state index in [0.717, 1.165) is 25.1 Å². The van der Waals surface area contributed by atoms with E-state index in [0.29, 0.717) is 5.92 Å². The Morgan fingerprint density at radius 3 is 2.79 bits per heavy atom. The lowest BCUT2D eigenvalue weighted by molar-refractivity contribution is 0.393. The van der Waals surface area contributed by atoms with Gasteiger partial charge in [0.1, 0.15) is 5.82 Å². The van der Waals surface area contributed by atoms with Crippen LogP contribution in [-0.4, -0.2) is 18.1 Å². The number of halogens is 1. The van der Waals surface area contributed by atoms with Gasteiger partial charge in [-0.15, -0.1) is 0 Å². The molecule has 1 saturated heterocycles. The Morgan fingerprint density at radius 2 is 2.00 bits per heavy atom. The maximum Gasteiger partial charge on any atom is 0.126 e. The van der Waals surface area contributed by atoms with Crippen LogP contribution < -0.4 is 5.32 Å². The molecule has 98 valence electrons. The van der Waals surface area contributed by atoms with E-state index in [-0.39, 0.29) is 11.7 Å². The fraction of sp³-hybridized carbons (Fsp3) is 0.312. The van der Waals surface area contributed by atoms with E-state index in [9.17, 15) is 4.39 Å². The highest BCUT2D eigenvalue weighted by atomic mass is 19.1. The summed E-state index contributed by atoms with van der Waals surface area (Å²) in [7, 11) is 0. The Hall–Kier alpha value is -1.74. The van der Waals surface area contributed by atoms with Crippen molar-refractivity contribution in [2.75, 3.05) is 13.1 Å². The number of nitrogens with one attached hydrogen (secondary N) is 1. The predicted octanol–water partition coefficient (Wildman–Crippen LogP) is 3.08. The summed E-state index contributed by atoms with van der Waals surface area (Å²) in [5.74, 6) is 0.413. The van der Waals surface area contributed by atoms with Gasteiger partial charge in [-0.25, -0.2) is 4.39 Å². The third-order valence-electron chi connectivity index (χ3n) is 3.90. The summed E-state index contributed by atoms with van der Waals surface area (Å²) in [6, 6.07) is 11.1. The van der Waals surface area contributed by atoms with Gasteiger partial charge in [-0.05, 0) is 42.1 Å². The maximum absolute atomic E-state index is 14.0. The Morgan fingerprint density at radius 1 is 1.11 bits per heavy atom. The highest BCUT2D eigenvalue weighted by Crippen LogP contribution is 2.37. The van der Waals surface area contributed by atoms with Crippen molar-refractivity contribution >= 4 is 0 Å². The van der Waals surface area contributed by atoms with Crippen LogP contribution in [0.15, 0.2) is 48.8 Å². The number of benzene rings is 1. The zero-order valence-corrected chi connectivity index (χ0v) is 10.7. The zero-order chi connectivity index (χ0) is 13.1. The lowest BCUT2D eigenvalue weighted by Gasteiger charge is -2.33. The summed E-state index contributed by atoms with van der Waals surface area (Å²) < 4.78 is 14.0. The van der Waals surface area contributed by atoms with Gasteiger partial charge in [-0.3, -0.25) is 4.98 Å². The SMILES string of the molecule is Fc1ccccc1C1CNCCC1c1cccnc1. The molecule has 1 aromatic heterocycles. The molecule has 2 nitrogen and oxygen atoms in total. The van der Waals surface area contributed by atoms with E-state index in [2.05, 4.69) is 16.4 Å². The average Bonchev–Trinajstić information content (AvgIpc) is 2.49. The largest absolute Gasteiger partial charge is 0.316 e. The molecule has 0 aliphatic carbocycles. The number of pyridine rings is 1. The van der Waals surface area contributed by atoms with Crippen LogP contribution >= 0.6 is 0 Å². The molecule has 2 heterocycles. The van der Waals surface area contributed by atoms with Gasteiger partial charge in [0.2, 0.25) is 0 Å². The first kappa shape index (κ1) is 12.3. The molecule has 1 aliphatic rings. The summed E-state index contributed by atoms with van der Waals surface area (Å²) in [5.41, 5.74) is 2.01. The van der Waals surface area contributed by atoms with Crippen molar-refractivity contribution in [3.8, 4) is 0 Å². The van der Waals surface area contributed by atoms with Gasteiger partial charge in [-0.1, -0.05) is 24.3 Å². The van der Waals surface area contributed by atoms with Gasteiger partial charge in [-0.2, -0.15) is 0 Å². The van der Waals surface area contributed by atoms with Crippen molar-refractivity contribution in [3.05, 3.63) is 65.7 Å². The van der Waals surface area contributed by atoms with Crippen LogP contribution in [-0.2, 0) is 0 Å². The van der Waals surface area contributed by atoms with Crippen molar-refractivity contribution in [2.24, 2.45) is 0 Å². The molecule has 3 rings (SSSR count). The molecule has 0 radical (unpaired) electrons. The Kier molecular flexibility index (Phi) is 3.56. The fourth-order valence-electron chi connectivity index (χ4n) is 2.96. The molecular formula is C16H17FN2. The highest BCUT2D eigenvalue weighted by Gasteiger charge is 2.29. The van der Waals surface area contributed by atoms with Crippen LogP contribution in [0.1, 0.15) is 29.4 Å². The van der Waals surface area contributed by atoms with Crippen LogP contribution in [0.3, 0.4) is 0 Å². The van der Waals surface area contributed by atoms with Gasteiger partial charge in [0.05, 0.1) is 0 Å². The van der Waals surface area contributed by atoms with E-state index < -0.39 is 0 Å². The van der Waals surface area contributed by atoms with Gasteiger partial charge in [0.15, 0.2) is 0 Å². The van der Waals surface area contributed by atoms with Gasteiger partial charge < -0.3 is 5.32 Å². The molecule has 2 aromatic rings. The first-order valence-electron chi connectivity index (χ1n) is 6.71. The first-order valence-corrected chi connectivity index (χ1v) is 6.71. The van der Waals surface area contributed by atoms with E-state index in [1.165, 1.54) is 5.56 Å². The lowest BCUT2D eigenvalue weighted by Crippen LogP contribution is -2.34. The average molecular weight is 256 g/mol. The number of hydrogen-bond donors (Lipinski definition) is 1. The monoisotopic (exact) mass is 256 g/mol. The van der Waals surface area contributed by atoms with E-state index >= 15 is 0 Å². The molecule has 1 aromatic carbocycles. The van der Waals surface area contributed by atoms with Gasteiger partial charge >= 0.3 is 0 Å². The quantitative estimate of drug-likeness (QED) is 0.893. The summed E-state index contributed by atoms with van der Waals surface area (Å²) >= 11 is 0. The summed E-state index contributed by atoms with van der Waals surface area (Å²) in [4.78, 5) is 4.20. The van der Waals surface area contributed by atoms with Crippen LogP contribution in [0.25, 0.3) is 0 Å². The third-order valence-corrected chi connectivity index (χ3v) is 3.90. The molecule has 1 N–H and O–H groups in total. The standard InChI is InChI=1S/C16H17FN2/c17-16-6-2-1-5-14(16)15-11-19-9-7-13(15)12-4-3-8-18-10-12/h1-6,8,10,13,15,19H,7,9,11H2. The second-order valence-corrected chi connectivity index (χ2v) is 5.01. The lowest BCUT2D eigenvalue weighted by atomic mass is 9.78. The van der Waals surface area contributed by atoms with Crippen LogP contribution in [0, 0.1) is 5.82 Å². The summed E-state index contributed by atoms with van der Waals surface area (Å²) in [6.07, 6.45) is 4.71. The molecule has 0 spiro atoms. The smallest absolute Gasteiger partial charge is 0.126 e. The topological polar surface area (TPSA) is 24.9 Å². The molecule has 2 unspecified atom stereocenters. The van der Waals surface area contributed by atoms with E-state index in [4.69, 9.17) is 0 Å².